The van der Waals surface area contributed by atoms with Crippen molar-refractivity contribution in [2.45, 2.75) is 25.7 Å². The van der Waals surface area contributed by atoms with Gasteiger partial charge in [-0.2, -0.15) is 0 Å². The molecule has 1 aromatic rings. The van der Waals surface area contributed by atoms with Crippen molar-refractivity contribution < 1.29 is 9.53 Å². The highest BCUT2D eigenvalue weighted by atomic mass is 127. The lowest BCUT2D eigenvalue weighted by Gasteiger charge is -2.09. The van der Waals surface area contributed by atoms with Crippen molar-refractivity contribution in [1.29, 1.82) is 0 Å². The molecule has 3 heteroatoms. The van der Waals surface area contributed by atoms with Crippen LogP contribution in [0.5, 0.6) is 5.75 Å². The van der Waals surface area contributed by atoms with Crippen LogP contribution in [0.25, 0.3) is 0 Å². The van der Waals surface area contributed by atoms with Crippen molar-refractivity contribution >= 4 is 28.4 Å². The van der Waals surface area contributed by atoms with Crippen LogP contribution in [0.3, 0.4) is 0 Å². The van der Waals surface area contributed by atoms with Gasteiger partial charge in [0.15, 0.2) is 0 Å². The van der Waals surface area contributed by atoms with Crippen LogP contribution >= 0.6 is 22.6 Å². The van der Waals surface area contributed by atoms with E-state index < -0.39 is 0 Å². The molecule has 86 valence electrons. The SMILES string of the molecule is O=C1CCCC1CCOc1ccc(I)cc1. The Morgan fingerprint density at radius 1 is 1.31 bits per heavy atom. The summed E-state index contributed by atoms with van der Waals surface area (Å²) in [5.41, 5.74) is 0. The fourth-order valence-electron chi connectivity index (χ4n) is 2.04. The number of ether oxygens (including phenoxy) is 1. The van der Waals surface area contributed by atoms with Crippen molar-refractivity contribution in [3.8, 4) is 5.75 Å². The van der Waals surface area contributed by atoms with Crippen molar-refractivity contribution in [2.75, 3.05) is 6.61 Å². The van der Waals surface area contributed by atoms with Gasteiger partial charge in [-0.1, -0.05) is 0 Å². The predicted octanol–water partition coefficient (Wildman–Crippen LogP) is 3.43. The van der Waals surface area contributed by atoms with Gasteiger partial charge in [0.1, 0.15) is 11.5 Å². The zero-order chi connectivity index (χ0) is 11.4. The molecular formula is C13H15IO2. The summed E-state index contributed by atoms with van der Waals surface area (Å²) < 4.78 is 6.82. The average Bonchev–Trinajstić information content (AvgIpc) is 2.68. The van der Waals surface area contributed by atoms with E-state index in [0.29, 0.717) is 12.4 Å². The fourth-order valence-corrected chi connectivity index (χ4v) is 2.40. The molecule has 1 saturated carbocycles. The van der Waals surface area contributed by atoms with Crippen LogP contribution in [0.4, 0.5) is 0 Å². The molecule has 2 nitrogen and oxygen atoms in total. The maximum absolute atomic E-state index is 11.4. The highest BCUT2D eigenvalue weighted by molar-refractivity contribution is 14.1. The summed E-state index contributed by atoms with van der Waals surface area (Å²) >= 11 is 2.27. The molecule has 0 heterocycles. The molecule has 1 fully saturated rings. The number of hydrogen-bond acceptors (Lipinski definition) is 2. The van der Waals surface area contributed by atoms with Gasteiger partial charge in [-0.05, 0) is 66.1 Å². The molecular weight excluding hydrogens is 315 g/mol. The molecule has 0 spiro atoms. The van der Waals surface area contributed by atoms with Crippen molar-refractivity contribution in [1.82, 2.24) is 0 Å². The Hall–Kier alpha value is -0.580. The van der Waals surface area contributed by atoms with E-state index in [1.807, 2.05) is 24.3 Å². The number of carbonyl (C=O) groups excluding carboxylic acids is 1. The van der Waals surface area contributed by atoms with Crippen LogP contribution < -0.4 is 4.74 Å². The van der Waals surface area contributed by atoms with Gasteiger partial charge in [-0.3, -0.25) is 4.79 Å². The van der Waals surface area contributed by atoms with Crippen molar-refractivity contribution in [3.05, 3.63) is 27.8 Å². The molecule has 0 radical (unpaired) electrons. The van der Waals surface area contributed by atoms with Gasteiger partial charge in [-0.25, -0.2) is 0 Å². The minimum atomic E-state index is 0.254. The first-order valence-electron chi connectivity index (χ1n) is 5.67. The zero-order valence-corrected chi connectivity index (χ0v) is 11.3. The molecule has 0 aromatic heterocycles. The molecule has 2 rings (SSSR count). The Bertz CT molecular complexity index is 359. The van der Waals surface area contributed by atoms with E-state index in [2.05, 4.69) is 22.6 Å². The molecule has 0 aliphatic heterocycles. The summed E-state index contributed by atoms with van der Waals surface area (Å²) in [6.07, 6.45) is 3.75. The van der Waals surface area contributed by atoms with E-state index in [-0.39, 0.29) is 5.92 Å². The zero-order valence-electron chi connectivity index (χ0n) is 9.12. The predicted molar refractivity (Wildman–Crippen MR) is 71.6 cm³/mol. The molecule has 0 bridgehead atoms. The lowest BCUT2D eigenvalue weighted by molar-refractivity contribution is -0.121. The van der Waals surface area contributed by atoms with Crippen LogP contribution in [0, 0.1) is 9.49 Å². The van der Waals surface area contributed by atoms with E-state index in [1.54, 1.807) is 0 Å². The standard InChI is InChI=1S/C13H15IO2/c14-11-4-6-12(7-5-11)16-9-8-10-2-1-3-13(10)15/h4-7,10H,1-3,8-9H2. The average molecular weight is 330 g/mol. The summed E-state index contributed by atoms with van der Waals surface area (Å²) in [6.45, 7) is 0.650. The molecule has 0 saturated heterocycles. The van der Waals surface area contributed by atoms with E-state index >= 15 is 0 Å². The topological polar surface area (TPSA) is 26.3 Å². The highest BCUT2D eigenvalue weighted by Crippen LogP contribution is 2.24. The number of hydrogen-bond donors (Lipinski definition) is 0. The van der Waals surface area contributed by atoms with Crippen LogP contribution in [0.15, 0.2) is 24.3 Å². The van der Waals surface area contributed by atoms with Crippen LogP contribution in [-0.4, -0.2) is 12.4 Å². The Kier molecular flexibility index (Phi) is 4.21. The highest BCUT2D eigenvalue weighted by Gasteiger charge is 2.23. The van der Waals surface area contributed by atoms with Gasteiger partial charge in [-0.15, -0.1) is 0 Å². The van der Waals surface area contributed by atoms with E-state index in [9.17, 15) is 4.79 Å². The third-order valence-corrected chi connectivity index (χ3v) is 3.70. The van der Waals surface area contributed by atoms with E-state index in [0.717, 1.165) is 31.4 Å². The monoisotopic (exact) mass is 330 g/mol. The smallest absolute Gasteiger partial charge is 0.136 e. The van der Waals surface area contributed by atoms with E-state index in [1.165, 1.54) is 3.57 Å². The quantitative estimate of drug-likeness (QED) is 0.791. The first-order chi connectivity index (χ1) is 7.75. The number of Topliss-reactive ketones (excluding diaryl/α,β-unsaturated/α-hetero) is 1. The number of rotatable bonds is 4. The number of carbonyl (C=O) groups is 1. The lowest BCUT2D eigenvalue weighted by atomic mass is 10.0. The van der Waals surface area contributed by atoms with Crippen LogP contribution in [-0.2, 0) is 4.79 Å². The van der Waals surface area contributed by atoms with Gasteiger partial charge in [0.2, 0.25) is 0 Å². The molecule has 1 aliphatic carbocycles. The molecule has 16 heavy (non-hydrogen) atoms. The van der Waals surface area contributed by atoms with Crippen molar-refractivity contribution in [3.63, 3.8) is 0 Å². The van der Waals surface area contributed by atoms with Gasteiger partial charge < -0.3 is 4.74 Å². The summed E-state index contributed by atoms with van der Waals surface area (Å²) in [4.78, 5) is 11.4. The Morgan fingerprint density at radius 2 is 2.06 bits per heavy atom. The molecule has 1 aliphatic rings. The molecule has 0 N–H and O–H groups in total. The molecule has 1 aromatic carbocycles. The summed E-state index contributed by atoms with van der Waals surface area (Å²) in [6, 6.07) is 7.99. The minimum Gasteiger partial charge on any atom is -0.494 e. The second kappa shape index (κ2) is 5.66. The fraction of sp³-hybridized carbons (Fsp3) is 0.462. The summed E-state index contributed by atoms with van der Waals surface area (Å²) in [5.74, 6) is 1.57. The van der Waals surface area contributed by atoms with Crippen LogP contribution in [0.1, 0.15) is 25.7 Å². The summed E-state index contributed by atoms with van der Waals surface area (Å²) in [7, 11) is 0. The Labute approximate surface area is 110 Å². The third-order valence-electron chi connectivity index (χ3n) is 2.98. The number of benzene rings is 1. The Morgan fingerprint density at radius 3 is 2.69 bits per heavy atom. The lowest BCUT2D eigenvalue weighted by Crippen LogP contribution is -2.11. The van der Waals surface area contributed by atoms with Gasteiger partial charge >= 0.3 is 0 Å². The maximum Gasteiger partial charge on any atom is 0.136 e. The molecule has 1 atom stereocenters. The maximum atomic E-state index is 11.4. The molecule has 0 amide bonds. The summed E-state index contributed by atoms with van der Waals surface area (Å²) in [5, 5.41) is 0. The van der Waals surface area contributed by atoms with Gasteiger partial charge in [0.25, 0.3) is 0 Å². The first kappa shape index (κ1) is 11.9. The Balaban J connectivity index is 1.75. The first-order valence-corrected chi connectivity index (χ1v) is 6.74. The van der Waals surface area contributed by atoms with E-state index in [4.69, 9.17) is 4.74 Å². The number of ketones is 1. The molecule has 1 unspecified atom stereocenters. The van der Waals surface area contributed by atoms with Crippen LogP contribution in [0.2, 0.25) is 0 Å². The van der Waals surface area contributed by atoms with Gasteiger partial charge in [0, 0.05) is 15.9 Å². The third kappa shape index (κ3) is 3.20. The largest absolute Gasteiger partial charge is 0.494 e. The normalized spacial score (nSPS) is 20.1. The van der Waals surface area contributed by atoms with Crippen molar-refractivity contribution in [2.24, 2.45) is 5.92 Å². The second-order valence-corrected chi connectivity index (χ2v) is 5.39. The number of halogens is 1. The second-order valence-electron chi connectivity index (χ2n) is 4.15. The minimum absolute atomic E-state index is 0.254. The van der Waals surface area contributed by atoms with Gasteiger partial charge in [0.05, 0.1) is 6.61 Å².